The van der Waals surface area contributed by atoms with Gasteiger partial charge in [-0.15, -0.1) is 0 Å². The van der Waals surface area contributed by atoms with Crippen LogP contribution in [0.25, 0.3) is 0 Å². The SMILES string of the molecule is CO[C@@H]1[C@@H](CO)[C@H](CCOC(=O)C(C)(C)C)O[C@@H]1CCC(O[Si](C)(C)C(C)(C)C)C(F)(F)F. The number of halogens is 3. The van der Waals surface area contributed by atoms with Crippen LogP contribution >= 0.6 is 0 Å². The molecule has 6 nitrogen and oxygen atoms in total. The molecule has 1 fully saturated rings. The zero-order chi connectivity index (χ0) is 25.8. The molecule has 1 aliphatic heterocycles. The summed E-state index contributed by atoms with van der Waals surface area (Å²) in [5.41, 5.74) is -0.638. The highest BCUT2D eigenvalue weighted by atomic mass is 28.4. The highest BCUT2D eigenvalue weighted by molar-refractivity contribution is 6.74. The van der Waals surface area contributed by atoms with E-state index in [2.05, 4.69) is 0 Å². The van der Waals surface area contributed by atoms with Crippen LogP contribution < -0.4 is 0 Å². The van der Waals surface area contributed by atoms with Gasteiger partial charge in [-0.2, -0.15) is 13.2 Å². The van der Waals surface area contributed by atoms with E-state index in [-0.39, 0.29) is 37.1 Å². The molecule has 0 aromatic heterocycles. The summed E-state index contributed by atoms with van der Waals surface area (Å²) in [6, 6.07) is 0. The lowest BCUT2D eigenvalue weighted by Crippen LogP contribution is -2.48. The minimum absolute atomic E-state index is 0.0755. The Balaban J connectivity index is 2.84. The molecule has 0 bridgehead atoms. The molecule has 1 unspecified atom stereocenters. The molecule has 1 N–H and O–H groups in total. The van der Waals surface area contributed by atoms with Crippen LogP contribution in [0.4, 0.5) is 13.2 Å². The zero-order valence-electron chi connectivity index (χ0n) is 21.5. The normalized spacial score (nSPS) is 25.8. The average Bonchev–Trinajstić information content (AvgIpc) is 2.98. The van der Waals surface area contributed by atoms with Gasteiger partial charge in [-0.25, -0.2) is 0 Å². The van der Waals surface area contributed by atoms with Crippen molar-refractivity contribution in [3.05, 3.63) is 0 Å². The van der Waals surface area contributed by atoms with E-state index in [9.17, 15) is 23.1 Å². The lowest BCUT2D eigenvalue weighted by molar-refractivity contribution is -0.202. The molecule has 1 heterocycles. The van der Waals surface area contributed by atoms with Crippen LogP contribution in [-0.2, 0) is 23.4 Å². The summed E-state index contributed by atoms with van der Waals surface area (Å²) in [4.78, 5) is 12.0. The molecule has 1 saturated heterocycles. The third kappa shape index (κ3) is 8.49. The molecule has 0 aliphatic carbocycles. The molecule has 0 aromatic carbocycles. The molecule has 33 heavy (non-hydrogen) atoms. The Morgan fingerprint density at radius 3 is 2.06 bits per heavy atom. The topological polar surface area (TPSA) is 74.2 Å². The summed E-state index contributed by atoms with van der Waals surface area (Å²) in [6.45, 7) is 14.4. The van der Waals surface area contributed by atoms with Gasteiger partial charge >= 0.3 is 12.1 Å². The molecule has 0 amide bonds. The standard InChI is InChI=1S/C23H43F3O6Si/c1-21(2,3)20(28)30-13-12-16-15(14-27)19(29-7)17(31-16)10-11-18(23(24,25)26)32-33(8,9)22(4,5)6/h15-19,27H,10-14H2,1-9H3/t15-,16-,17+,18?,19+/m0/s1. The van der Waals surface area contributed by atoms with Gasteiger partial charge in [0, 0.05) is 19.4 Å². The molecule has 0 saturated carbocycles. The van der Waals surface area contributed by atoms with E-state index in [1.165, 1.54) is 7.11 Å². The maximum atomic E-state index is 13.8. The second-order valence-corrected chi connectivity index (χ2v) is 16.2. The maximum Gasteiger partial charge on any atom is 0.413 e. The van der Waals surface area contributed by atoms with Crippen molar-refractivity contribution in [2.45, 2.75) is 110 Å². The number of carbonyl (C=O) groups excluding carboxylic acids is 1. The average molecular weight is 501 g/mol. The largest absolute Gasteiger partial charge is 0.465 e. The quantitative estimate of drug-likeness (QED) is 0.333. The fourth-order valence-electron chi connectivity index (χ4n) is 3.57. The van der Waals surface area contributed by atoms with Gasteiger partial charge in [0.1, 0.15) is 6.10 Å². The summed E-state index contributed by atoms with van der Waals surface area (Å²) in [5.74, 6) is -0.768. The van der Waals surface area contributed by atoms with Crippen molar-refractivity contribution in [2.75, 3.05) is 20.3 Å². The van der Waals surface area contributed by atoms with E-state index < -0.39 is 50.2 Å². The Labute approximate surface area is 197 Å². The Hall–Kier alpha value is -0.683. The van der Waals surface area contributed by atoms with Gasteiger partial charge in [-0.05, 0) is 51.7 Å². The lowest BCUT2D eigenvalue weighted by Gasteiger charge is -2.40. The van der Waals surface area contributed by atoms with Gasteiger partial charge in [-0.1, -0.05) is 20.8 Å². The number of rotatable bonds is 10. The van der Waals surface area contributed by atoms with Crippen molar-refractivity contribution in [3.8, 4) is 0 Å². The van der Waals surface area contributed by atoms with E-state index in [4.69, 9.17) is 18.6 Å². The number of carbonyl (C=O) groups is 1. The van der Waals surface area contributed by atoms with Gasteiger partial charge in [0.25, 0.3) is 0 Å². The Morgan fingerprint density at radius 1 is 1.06 bits per heavy atom. The smallest absolute Gasteiger partial charge is 0.413 e. The molecule has 10 heteroatoms. The van der Waals surface area contributed by atoms with Crippen LogP contribution in [0.15, 0.2) is 0 Å². The molecule has 196 valence electrons. The van der Waals surface area contributed by atoms with E-state index >= 15 is 0 Å². The van der Waals surface area contributed by atoms with Crippen LogP contribution in [0.3, 0.4) is 0 Å². The van der Waals surface area contributed by atoms with Crippen LogP contribution in [0, 0.1) is 11.3 Å². The first-order valence-electron chi connectivity index (χ1n) is 11.6. The molecule has 1 rings (SSSR count). The number of aliphatic hydroxyl groups excluding tert-OH is 1. The predicted molar refractivity (Wildman–Crippen MR) is 122 cm³/mol. The van der Waals surface area contributed by atoms with Crippen molar-refractivity contribution >= 4 is 14.3 Å². The molecule has 0 spiro atoms. The van der Waals surface area contributed by atoms with Crippen molar-refractivity contribution in [3.63, 3.8) is 0 Å². The highest BCUT2D eigenvalue weighted by Crippen LogP contribution is 2.41. The number of hydrogen-bond donors (Lipinski definition) is 1. The molecular weight excluding hydrogens is 457 g/mol. The van der Waals surface area contributed by atoms with Crippen LogP contribution in [-0.4, -0.2) is 70.3 Å². The fraction of sp³-hybridized carbons (Fsp3) is 0.957. The first-order valence-corrected chi connectivity index (χ1v) is 14.5. The Bertz CT molecular complexity index is 627. The Kier molecular flexibility index (Phi) is 10.5. The van der Waals surface area contributed by atoms with E-state index in [0.29, 0.717) is 6.42 Å². The molecule has 1 aliphatic rings. The van der Waals surface area contributed by atoms with E-state index in [0.717, 1.165) is 0 Å². The van der Waals surface area contributed by atoms with Gasteiger partial charge in [0.05, 0.1) is 36.9 Å². The monoisotopic (exact) mass is 500 g/mol. The van der Waals surface area contributed by atoms with Crippen molar-refractivity contribution in [1.82, 2.24) is 0 Å². The second-order valence-electron chi connectivity index (χ2n) is 11.4. The second kappa shape index (κ2) is 11.4. The van der Waals surface area contributed by atoms with Crippen molar-refractivity contribution in [1.29, 1.82) is 0 Å². The maximum absolute atomic E-state index is 13.8. The number of alkyl halides is 3. The van der Waals surface area contributed by atoms with E-state index in [1.54, 1.807) is 33.9 Å². The number of esters is 1. The van der Waals surface area contributed by atoms with Crippen LogP contribution in [0.5, 0.6) is 0 Å². The fourth-order valence-corrected chi connectivity index (χ4v) is 4.89. The van der Waals surface area contributed by atoms with Gasteiger partial charge in [0.2, 0.25) is 0 Å². The lowest BCUT2D eigenvalue weighted by atomic mass is 9.93. The highest BCUT2D eigenvalue weighted by Gasteiger charge is 2.49. The van der Waals surface area contributed by atoms with E-state index in [1.807, 2.05) is 20.8 Å². The molecular formula is C23H43F3O6Si. The van der Waals surface area contributed by atoms with Gasteiger partial charge in [0.15, 0.2) is 8.32 Å². The summed E-state index contributed by atoms with van der Waals surface area (Å²) >= 11 is 0. The zero-order valence-corrected chi connectivity index (χ0v) is 22.5. The van der Waals surface area contributed by atoms with Crippen molar-refractivity contribution < 1.29 is 41.7 Å². The molecule has 0 aromatic rings. The predicted octanol–water partition coefficient (Wildman–Crippen LogP) is 5.09. The van der Waals surface area contributed by atoms with Gasteiger partial charge in [-0.3, -0.25) is 4.79 Å². The minimum Gasteiger partial charge on any atom is -0.465 e. The third-order valence-corrected chi connectivity index (χ3v) is 11.2. The molecule has 5 atom stereocenters. The van der Waals surface area contributed by atoms with Crippen LogP contribution in [0.1, 0.15) is 60.8 Å². The van der Waals surface area contributed by atoms with Crippen molar-refractivity contribution in [2.24, 2.45) is 11.3 Å². The van der Waals surface area contributed by atoms with Gasteiger partial charge < -0.3 is 23.7 Å². The number of ether oxygens (including phenoxy) is 3. The summed E-state index contributed by atoms with van der Waals surface area (Å²) in [5, 5.41) is 9.52. The number of hydrogen-bond acceptors (Lipinski definition) is 6. The number of aliphatic hydroxyl groups is 1. The Morgan fingerprint density at radius 2 is 1.64 bits per heavy atom. The first kappa shape index (κ1) is 30.3. The molecule has 0 radical (unpaired) electrons. The van der Waals surface area contributed by atoms with Crippen LogP contribution in [0.2, 0.25) is 18.1 Å². The first-order chi connectivity index (χ1) is 14.8. The minimum atomic E-state index is -4.49. The summed E-state index contributed by atoms with van der Waals surface area (Å²) < 4.78 is 63.9. The summed E-state index contributed by atoms with van der Waals surface area (Å²) in [6.07, 6.45) is -7.90. The summed E-state index contributed by atoms with van der Waals surface area (Å²) in [7, 11) is -1.18. The third-order valence-electron chi connectivity index (χ3n) is 6.67. The number of methoxy groups -OCH3 is 1.